The molecule has 0 aliphatic carbocycles. The van der Waals surface area contributed by atoms with Crippen molar-refractivity contribution < 1.29 is 0 Å². The number of anilines is 3. The fourth-order valence-electron chi connectivity index (χ4n) is 2.57. The number of aryl methyl sites for hydroxylation is 3. The zero-order valence-corrected chi connectivity index (χ0v) is 16.1. The summed E-state index contributed by atoms with van der Waals surface area (Å²) in [6.45, 7) is 5.81. The zero-order valence-electron chi connectivity index (χ0n) is 15.3. The van der Waals surface area contributed by atoms with Gasteiger partial charge in [0.05, 0.1) is 11.3 Å². The molecule has 0 atom stereocenters. The highest BCUT2D eigenvalue weighted by molar-refractivity contribution is 7.98. The molecule has 3 aromatic rings. The number of benzene rings is 1. The Balaban J connectivity index is 1.82. The van der Waals surface area contributed by atoms with Gasteiger partial charge in [0, 0.05) is 11.4 Å². The number of hydrogen-bond donors (Lipinski definition) is 2. The summed E-state index contributed by atoms with van der Waals surface area (Å²) in [4.78, 5) is 17.3. The maximum Gasteiger partial charge on any atom is 0.232 e. The molecule has 2 heterocycles. The van der Waals surface area contributed by atoms with E-state index in [1.54, 1.807) is 0 Å². The molecule has 0 saturated carbocycles. The number of nitrogens with two attached hydrogens (primary N) is 1. The van der Waals surface area contributed by atoms with E-state index in [9.17, 15) is 5.26 Å². The van der Waals surface area contributed by atoms with Crippen LogP contribution in [0.1, 0.15) is 28.2 Å². The van der Waals surface area contributed by atoms with E-state index in [2.05, 4.69) is 31.3 Å². The standard InChI is InChI=1S/C19H19N7S/c1-11-6-4-5-7-15(11)23-19-25-16(24-18(21)26-19)10-27-17-14(9-20)12(2)8-13(3)22-17/h4-8H,10H2,1-3H3,(H3,21,23,24,25,26). The van der Waals surface area contributed by atoms with Gasteiger partial charge in [-0.05, 0) is 44.0 Å². The molecule has 1 aromatic carbocycles. The van der Waals surface area contributed by atoms with Crippen LogP contribution in [0.3, 0.4) is 0 Å². The van der Waals surface area contributed by atoms with E-state index < -0.39 is 0 Å². The third-order valence-electron chi connectivity index (χ3n) is 3.85. The van der Waals surface area contributed by atoms with Gasteiger partial charge in [0.2, 0.25) is 11.9 Å². The number of nitrogen functional groups attached to an aromatic ring is 1. The van der Waals surface area contributed by atoms with Crippen molar-refractivity contribution in [1.82, 2.24) is 19.9 Å². The Morgan fingerprint density at radius 1 is 1.07 bits per heavy atom. The van der Waals surface area contributed by atoms with Crippen molar-refractivity contribution in [2.75, 3.05) is 11.1 Å². The maximum atomic E-state index is 9.39. The van der Waals surface area contributed by atoms with Crippen LogP contribution in [-0.4, -0.2) is 19.9 Å². The Hall–Kier alpha value is -3.18. The largest absolute Gasteiger partial charge is 0.368 e. The Labute approximate surface area is 162 Å². The average Bonchev–Trinajstić information content (AvgIpc) is 2.61. The van der Waals surface area contributed by atoms with Gasteiger partial charge in [0.25, 0.3) is 0 Å². The molecule has 0 radical (unpaired) electrons. The van der Waals surface area contributed by atoms with Gasteiger partial charge in [0.15, 0.2) is 0 Å². The van der Waals surface area contributed by atoms with Gasteiger partial charge in [0.1, 0.15) is 16.9 Å². The molecule has 27 heavy (non-hydrogen) atoms. The van der Waals surface area contributed by atoms with Gasteiger partial charge in [-0.25, -0.2) is 4.98 Å². The molecule has 0 fully saturated rings. The predicted octanol–water partition coefficient (Wildman–Crippen LogP) is 3.68. The van der Waals surface area contributed by atoms with Gasteiger partial charge in [-0.3, -0.25) is 0 Å². The first-order valence-electron chi connectivity index (χ1n) is 8.30. The fraction of sp³-hybridized carbons (Fsp3) is 0.211. The minimum atomic E-state index is 0.144. The van der Waals surface area contributed by atoms with E-state index in [0.29, 0.717) is 28.1 Å². The highest BCUT2D eigenvalue weighted by atomic mass is 32.2. The molecule has 3 N–H and O–H groups in total. The second-order valence-electron chi connectivity index (χ2n) is 6.03. The molecule has 3 rings (SSSR count). The second kappa shape index (κ2) is 8.01. The molecule has 8 heteroatoms. The third-order valence-corrected chi connectivity index (χ3v) is 4.82. The summed E-state index contributed by atoms with van der Waals surface area (Å²) in [5, 5.41) is 13.2. The van der Waals surface area contributed by atoms with Crippen molar-refractivity contribution in [2.45, 2.75) is 31.6 Å². The Bertz CT molecular complexity index is 1030. The first kappa shape index (κ1) is 18.6. The lowest BCUT2D eigenvalue weighted by Crippen LogP contribution is -2.07. The number of nitrogens with one attached hydrogen (secondary N) is 1. The van der Waals surface area contributed by atoms with Crippen molar-refractivity contribution in [3.05, 3.63) is 58.5 Å². The van der Waals surface area contributed by atoms with E-state index in [1.165, 1.54) is 11.8 Å². The Morgan fingerprint density at radius 2 is 1.85 bits per heavy atom. The molecular weight excluding hydrogens is 358 g/mol. The summed E-state index contributed by atoms with van der Waals surface area (Å²) in [5.41, 5.74) is 10.2. The number of nitriles is 1. The van der Waals surface area contributed by atoms with Crippen LogP contribution in [0.4, 0.5) is 17.6 Å². The first-order chi connectivity index (χ1) is 13.0. The van der Waals surface area contributed by atoms with Crippen LogP contribution in [0.15, 0.2) is 35.4 Å². The Morgan fingerprint density at radius 3 is 2.59 bits per heavy atom. The number of thioether (sulfide) groups is 1. The number of aromatic nitrogens is 4. The average molecular weight is 377 g/mol. The lowest BCUT2D eigenvalue weighted by atomic mass is 10.1. The van der Waals surface area contributed by atoms with E-state index in [-0.39, 0.29) is 5.95 Å². The van der Waals surface area contributed by atoms with Crippen molar-refractivity contribution in [3.8, 4) is 6.07 Å². The van der Waals surface area contributed by atoms with Crippen LogP contribution in [0.5, 0.6) is 0 Å². The molecule has 0 aliphatic heterocycles. The van der Waals surface area contributed by atoms with Gasteiger partial charge in [-0.2, -0.15) is 20.2 Å². The molecule has 0 bridgehead atoms. The topological polar surface area (TPSA) is 113 Å². The Kier molecular flexibility index (Phi) is 5.52. The molecule has 0 unspecified atom stereocenters. The molecule has 136 valence electrons. The summed E-state index contributed by atoms with van der Waals surface area (Å²) in [7, 11) is 0. The van der Waals surface area contributed by atoms with E-state index in [0.717, 1.165) is 22.5 Å². The van der Waals surface area contributed by atoms with E-state index >= 15 is 0 Å². The van der Waals surface area contributed by atoms with E-state index in [1.807, 2.05) is 51.1 Å². The summed E-state index contributed by atoms with van der Waals surface area (Å²) in [6.07, 6.45) is 0. The molecule has 0 aliphatic rings. The van der Waals surface area contributed by atoms with E-state index in [4.69, 9.17) is 5.73 Å². The van der Waals surface area contributed by atoms with Crippen LogP contribution < -0.4 is 11.1 Å². The molecule has 0 amide bonds. The lowest BCUT2D eigenvalue weighted by Gasteiger charge is -2.10. The van der Waals surface area contributed by atoms with Crippen LogP contribution >= 0.6 is 11.8 Å². The predicted molar refractivity (Wildman–Crippen MR) is 107 cm³/mol. The summed E-state index contributed by atoms with van der Waals surface area (Å²) in [6, 6.07) is 12.0. The van der Waals surface area contributed by atoms with Crippen molar-refractivity contribution >= 4 is 29.3 Å². The SMILES string of the molecule is Cc1cc(C)c(C#N)c(SCc2nc(N)nc(Nc3ccccc3C)n2)n1. The molecular formula is C19H19N7S. The monoisotopic (exact) mass is 377 g/mol. The number of para-hydroxylation sites is 1. The second-order valence-corrected chi connectivity index (χ2v) is 7.00. The van der Waals surface area contributed by atoms with Crippen LogP contribution in [0.2, 0.25) is 0 Å². The fourth-order valence-corrected chi connectivity index (χ4v) is 3.52. The highest BCUT2D eigenvalue weighted by Gasteiger charge is 2.12. The third kappa shape index (κ3) is 4.51. The summed E-state index contributed by atoms with van der Waals surface area (Å²) >= 11 is 1.41. The number of pyridine rings is 1. The van der Waals surface area contributed by atoms with Crippen LogP contribution in [0, 0.1) is 32.1 Å². The van der Waals surface area contributed by atoms with Gasteiger partial charge < -0.3 is 11.1 Å². The summed E-state index contributed by atoms with van der Waals surface area (Å²) < 4.78 is 0. The van der Waals surface area contributed by atoms with Crippen molar-refractivity contribution in [1.29, 1.82) is 5.26 Å². The highest BCUT2D eigenvalue weighted by Crippen LogP contribution is 2.26. The smallest absolute Gasteiger partial charge is 0.232 e. The number of nitrogens with zero attached hydrogens (tertiary/aromatic N) is 5. The van der Waals surface area contributed by atoms with Crippen molar-refractivity contribution in [3.63, 3.8) is 0 Å². The molecule has 2 aromatic heterocycles. The molecule has 0 saturated heterocycles. The minimum absolute atomic E-state index is 0.144. The van der Waals surface area contributed by atoms with Crippen molar-refractivity contribution in [2.24, 2.45) is 0 Å². The number of rotatable bonds is 5. The lowest BCUT2D eigenvalue weighted by molar-refractivity contribution is 0.974. The van der Waals surface area contributed by atoms with Crippen LogP contribution in [0.25, 0.3) is 0 Å². The van der Waals surface area contributed by atoms with Gasteiger partial charge in [-0.15, -0.1) is 0 Å². The minimum Gasteiger partial charge on any atom is -0.368 e. The number of hydrogen-bond acceptors (Lipinski definition) is 8. The normalized spacial score (nSPS) is 10.4. The van der Waals surface area contributed by atoms with Gasteiger partial charge in [-0.1, -0.05) is 30.0 Å². The van der Waals surface area contributed by atoms with Gasteiger partial charge >= 0.3 is 0 Å². The maximum absolute atomic E-state index is 9.39. The quantitative estimate of drug-likeness (QED) is 0.647. The zero-order chi connectivity index (χ0) is 19.4. The summed E-state index contributed by atoms with van der Waals surface area (Å²) in [5.74, 6) is 1.49. The van der Waals surface area contributed by atoms with Crippen LogP contribution in [-0.2, 0) is 5.75 Å². The molecule has 0 spiro atoms. The first-order valence-corrected chi connectivity index (χ1v) is 9.29. The molecule has 7 nitrogen and oxygen atoms in total.